The van der Waals surface area contributed by atoms with Crippen LogP contribution in [0.3, 0.4) is 0 Å². The summed E-state index contributed by atoms with van der Waals surface area (Å²) in [6.07, 6.45) is 0.446. The van der Waals surface area contributed by atoms with Crippen molar-refractivity contribution in [1.82, 2.24) is 0 Å². The van der Waals surface area contributed by atoms with Crippen molar-refractivity contribution < 1.29 is 14.3 Å². The van der Waals surface area contributed by atoms with E-state index >= 15 is 0 Å². The summed E-state index contributed by atoms with van der Waals surface area (Å²) >= 11 is 6.09. The van der Waals surface area contributed by atoms with Gasteiger partial charge in [0.2, 0.25) is 5.91 Å². The van der Waals surface area contributed by atoms with Crippen LogP contribution in [0.1, 0.15) is 13.3 Å². The molecule has 2 rings (SSSR count). The highest BCUT2D eigenvalue weighted by atomic mass is 35.5. The van der Waals surface area contributed by atoms with Gasteiger partial charge < -0.3 is 20.1 Å². The molecule has 2 aromatic rings. The second-order valence-corrected chi connectivity index (χ2v) is 5.20. The van der Waals surface area contributed by atoms with E-state index in [1.54, 1.807) is 26.4 Å². The molecule has 122 valence electrons. The number of ether oxygens (including phenoxy) is 2. The molecule has 0 atom stereocenters. The van der Waals surface area contributed by atoms with Gasteiger partial charge in [0.1, 0.15) is 11.5 Å². The summed E-state index contributed by atoms with van der Waals surface area (Å²) in [5.74, 6) is 1.15. The van der Waals surface area contributed by atoms with Crippen molar-refractivity contribution in [3.05, 3.63) is 41.4 Å². The Hall–Kier alpha value is -2.40. The lowest BCUT2D eigenvalue weighted by molar-refractivity contribution is -0.115. The van der Waals surface area contributed by atoms with Gasteiger partial charge in [-0.15, -0.1) is 0 Å². The Kier molecular flexibility index (Phi) is 5.71. The van der Waals surface area contributed by atoms with Crippen LogP contribution < -0.4 is 20.1 Å². The van der Waals surface area contributed by atoms with Gasteiger partial charge >= 0.3 is 0 Å². The maximum atomic E-state index is 11.4. The fraction of sp³-hybridized carbons (Fsp3) is 0.235. The fourth-order valence-electron chi connectivity index (χ4n) is 2.00. The van der Waals surface area contributed by atoms with Crippen LogP contribution in [0.15, 0.2) is 36.4 Å². The predicted molar refractivity (Wildman–Crippen MR) is 93.2 cm³/mol. The standard InChI is InChI=1S/C17H19ClN2O3/c1-4-17(21)20-12-7-5-11(6-8-12)19-14-10-15(22-2)13(18)9-16(14)23-3/h5-10,19H,4H2,1-3H3,(H,20,21). The van der Waals surface area contributed by atoms with Crippen molar-refractivity contribution in [3.8, 4) is 11.5 Å². The van der Waals surface area contributed by atoms with E-state index in [-0.39, 0.29) is 5.91 Å². The Morgan fingerprint density at radius 2 is 1.65 bits per heavy atom. The number of halogens is 1. The first-order chi connectivity index (χ1) is 11.1. The maximum Gasteiger partial charge on any atom is 0.224 e. The molecule has 2 N–H and O–H groups in total. The highest BCUT2D eigenvalue weighted by Gasteiger charge is 2.10. The molecule has 0 aliphatic carbocycles. The van der Waals surface area contributed by atoms with E-state index in [1.165, 1.54) is 0 Å². The molecule has 0 bridgehead atoms. The third-order valence-corrected chi connectivity index (χ3v) is 3.54. The maximum absolute atomic E-state index is 11.4. The summed E-state index contributed by atoms with van der Waals surface area (Å²) in [5.41, 5.74) is 2.34. The van der Waals surface area contributed by atoms with Crippen molar-refractivity contribution in [2.45, 2.75) is 13.3 Å². The van der Waals surface area contributed by atoms with Crippen LogP contribution in [0.4, 0.5) is 17.1 Å². The first kappa shape index (κ1) is 17.0. The van der Waals surface area contributed by atoms with Crippen LogP contribution in [0, 0.1) is 0 Å². The molecule has 0 unspecified atom stereocenters. The van der Waals surface area contributed by atoms with E-state index in [0.717, 1.165) is 17.1 Å². The SMILES string of the molecule is CCC(=O)Nc1ccc(Nc2cc(OC)c(Cl)cc2OC)cc1. The number of rotatable bonds is 6. The molecule has 0 aromatic heterocycles. The predicted octanol–water partition coefficient (Wildman–Crippen LogP) is 4.45. The zero-order valence-electron chi connectivity index (χ0n) is 13.3. The van der Waals surface area contributed by atoms with Crippen LogP contribution in [-0.2, 0) is 4.79 Å². The van der Waals surface area contributed by atoms with Crippen molar-refractivity contribution >= 4 is 34.6 Å². The minimum absolute atomic E-state index is 0.0187. The summed E-state index contributed by atoms with van der Waals surface area (Å²) in [6, 6.07) is 10.9. The van der Waals surface area contributed by atoms with Crippen molar-refractivity contribution in [1.29, 1.82) is 0 Å². The average Bonchev–Trinajstić information content (AvgIpc) is 2.57. The van der Waals surface area contributed by atoms with Gasteiger partial charge in [0.25, 0.3) is 0 Å². The number of carbonyl (C=O) groups excluding carboxylic acids is 1. The quantitative estimate of drug-likeness (QED) is 0.819. The molecule has 0 aliphatic rings. The number of anilines is 3. The van der Waals surface area contributed by atoms with Crippen LogP contribution >= 0.6 is 11.6 Å². The Morgan fingerprint density at radius 1 is 1.04 bits per heavy atom. The summed E-state index contributed by atoms with van der Waals surface area (Å²) in [4.78, 5) is 11.4. The van der Waals surface area contributed by atoms with E-state index in [9.17, 15) is 4.79 Å². The number of hydrogen-bond acceptors (Lipinski definition) is 4. The zero-order chi connectivity index (χ0) is 16.8. The Labute approximate surface area is 140 Å². The molecule has 2 aromatic carbocycles. The summed E-state index contributed by atoms with van der Waals surface area (Å²) in [7, 11) is 3.13. The van der Waals surface area contributed by atoms with Gasteiger partial charge in [-0.25, -0.2) is 0 Å². The zero-order valence-corrected chi connectivity index (χ0v) is 14.0. The number of benzene rings is 2. The molecule has 23 heavy (non-hydrogen) atoms. The minimum Gasteiger partial charge on any atom is -0.495 e. The second kappa shape index (κ2) is 7.74. The monoisotopic (exact) mass is 334 g/mol. The van der Waals surface area contributed by atoms with Gasteiger partial charge in [0, 0.05) is 29.9 Å². The summed E-state index contributed by atoms with van der Waals surface area (Å²) in [5, 5.41) is 6.52. The number of carbonyl (C=O) groups is 1. The molecule has 5 nitrogen and oxygen atoms in total. The molecular formula is C17H19ClN2O3. The van der Waals surface area contributed by atoms with Gasteiger partial charge in [-0.1, -0.05) is 18.5 Å². The lowest BCUT2D eigenvalue weighted by Gasteiger charge is -2.14. The van der Waals surface area contributed by atoms with Gasteiger partial charge in [0.15, 0.2) is 0 Å². The van der Waals surface area contributed by atoms with Crippen molar-refractivity contribution in [2.24, 2.45) is 0 Å². The van der Waals surface area contributed by atoms with E-state index < -0.39 is 0 Å². The second-order valence-electron chi connectivity index (χ2n) is 4.79. The number of nitrogens with one attached hydrogen (secondary N) is 2. The molecule has 0 heterocycles. The first-order valence-corrected chi connectivity index (χ1v) is 7.53. The van der Waals surface area contributed by atoms with Gasteiger partial charge in [-0.2, -0.15) is 0 Å². The average molecular weight is 335 g/mol. The van der Waals surface area contributed by atoms with Crippen LogP contribution in [0.25, 0.3) is 0 Å². The highest BCUT2D eigenvalue weighted by Crippen LogP contribution is 2.37. The molecule has 0 saturated heterocycles. The molecule has 0 fully saturated rings. The smallest absolute Gasteiger partial charge is 0.224 e. The van der Waals surface area contributed by atoms with Crippen LogP contribution in [-0.4, -0.2) is 20.1 Å². The topological polar surface area (TPSA) is 59.6 Å². The number of amides is 1. The lowest BCUT2D eigenvalue weighted by Crippen LogP contribution is -2.09. The molecule has 0 saturated carbocycles. The number of hydrogen-bond donors (Lipinski definition) is 2. The van der Waals surface area contributed by atoms with Crippen LogP contribution in [0.5, 0.6) is 11.5 Å². The largest absolute Gasteiger partial charge is 0.495 e. The van der Waals surface area contributed by atoms with E-state index in [2.05, 4.69) is 10.6 Å². The molecule has 1 amide bonds. The summed E-state index contributed by atoms with van der Waals surface area (Å²) in [6.45, 7) is 1.81. The van der Waals surface area contributed by atoms with Gasteiger partial charge in [-0.05, 0) is 24.3 Å². The van der Waals surface area contributed by atoms with Crippen LogP contribution in [0.2, 0.25) is 5.02 Å². The molecule has 0 radical (unpaired) electrons. The molecule has 0 spiro atoms. The third kappa shape index (κ3) is 4.29. The Balaban J connectivity index is 2.20. The lowest BCUT2D eigenvalue weighted by atomic mass is 10.2. The fourth-order valence-corrected chi connectivity index (χ4v) is 2.23. The molecule has 6 heteroatoms. The first-order valence-electron chi connectivity index (χ1n) is 7.15. The third-order valence-electron chi connectivity index (χ3n) is 3.24. The van der Waals surface area contributed by atoms with E-state index in [0.29, 0.717) is 22.9 Å². The Bertz CT molecular complexity index is 687. The highest BCUT2D eigenvalue weighted by molar-refractivity contribution is 6.32. The van der Waals surface area contributed by atoms with Crippen molar-refractivity contribution in [2.75, 3.05) is 24.9 Å². The van der Waals surface area contributed by atoms with Crippen molar-refractivity contribution in [3.63, 3.8) is 0 Å². The summed E-state index contributed by atoms with van der Waals surface area (Å²) < 4.78 is 10.6. The van der Waals surface area contributed by atoms with E-state index in [4.69, 9.17) is 21.1 Å². The van der Waals surface area contributed by atoms with E-state index in [1.807, 2.05) is 31.2 Å². The number of methoxy groups -OCH3 is 2. The molecule has 0 aliphatic heterocycles. The Morgan fingerprint density at radius 3 is 2.22 bits per heavy atom. The molecular weight excluding hydrogens is 316 g/mol. The normalized spacial score (nSPS) is 10.1. The van der Waals surface area contributed by atoms with Gasteiger partial charge in [0.05, 0.1) is 24.9 Å². The minimum atomic E-state index is -0.0187. The van der Waals surface area contributed by atoms with Gasteiger partial charge in [-0.3, -0.25) is 4.79 Å².